The summed E-state index contributed by atoms with van der Waals surface area (Å²) < 4.78 is 24.9. The van der Waals surface area contributed by atoms with E-state index in [0.29, 0.717) is 44.9 Å². The number of thiazole rings is 1. The number of para-hydroxylation sites is 2. The number of ether oxygens (including phenoxy) is 4. The van der Waals surface area contributed by atoms with Crippen LogP contribution in [-0.4, -0.2) is 34.9 Å². The lowest BCUT2D eigenvalue weighted by atomic mass is 10.2. The van der Waals surface area contributed by atoms with Crippen LogP contribution in [0.2, 0.25) is 0 Å². The van der Waals surface area contributed by atoms with Gasteiger partial charge in [0, 0.05) is 0 Å². The van der Waals surface area contributed by atoms with Crippen LogP contribution in [0.3, 0.4) is 0 Å². The van der Waals surface area contributed by atoms with Crippen molar-refractivity contribution in [2.24, 2.45) is 0 Å². The van der Waals surface area contributed by atoms with E-state index in [1.807, 2.05) is 48.5 Å². The molecule has 1 aliphatic rings. The van der Waals surface area contributed by atoms with Crippen molar-refractivity contribution in [3.63, 3.8) is 0 Å². The van der Waals surface area contributed by atoms with Gasteiger partial charge >= 0.3 is 0 Å². The van der Waals surface area contributed by atoms with E-state index in [1.54, 1.807) is 7.11 Å². The summed E-state index contributed by atoms with van der Waals surface area (Å²) in [6, 6.07) is 13.1. The van der Waals surface area contributed by atoms with Gasteiger partial charge < -0.3 is 18.9 Å². The van der Waals surface area contributed by atoms with Crippen molar-refractivity contribution in [1.82, 2.24) is 14.6 Å². The minimum absolute atomic E-state index is 0.227. The average Bonchev–Trinajstić information content (AvgIpc) is 3.41. The third-order valence-corrected chi connectivity index (χ3v) is 6.44. The highest BCUT2D eigenvalue weighted by Gasteiger charge is 2.27. The standard InChI is InChI=1S/C25H25N3O5S/c1-3-4-7-12-31-18-11-10-16(13-20(18)30-2)14-22-24(29)28-25(34-22)26-23(27-28)21-15-32-17-8-5-6-9-19(17)33-21/h5-6,8-11,13-14,21H,3-4,7,12,15H2,1-2H3/b22-14-. The Labute approximate surface area is 200 Å². The molecule has 0 spiro atoms. The number of hydrogen-bond donors (Lipinski definition) is 0. The molecule has 0 amide bonds. The lowest BCUT2D eigenvalue weighted by Crippen LogP contribution is -2.26. The molecule has 8 nitrogen and oxygen atoms in total. The second kappa shape index (κ2) is 9.72. The van der Waals surface area contributed by atoms with Gasteiger partial charge in [0.2, 0.25) is 4.96 Å². The van der Waals surface area contributed by atoms with Crippen molar-refractivity contribution in [3.05, 3.63) is 68.7 Å². The fourth-order valence-electron chi connectivity index (χ4n) is 3.71. The number of aromatic nitrogens is 3. The first-order valence-corrected chi connectivity index (χ1v) is 12.1. The highest BCUT2D eigenvalue weighted by atomic mass is 32.1. The van der Waals surface area contributed by atoms with Gasteiger partial charge in [-0.05, 0) is 42.3 Å². The monoisotopic (exact) mass is 479 g/mol. The van der Waals surface area contributed by atoms with E-state index < -0.39 is 6.10 Å². The molecule has 0 radical (unpaired) electrons. The van der Waals surface area contributed by atoms with E-state index >= 15 is 0 Å². The van der Waals surface area contributed by atoms with Crippen LogP contribution in [0.15, 0.2) is 47.3 Å². The van der Waals surface area contributed by atoms with E-state index in [2.05, 4.69) is 17.0 Å². The van der Waals surface area contributed by atoms with Crippen molar-refractivity contribution in [2.75, 3.05) is 20.3 Å². The van der Waals surface area contributed by atoms with Gasteiger partial charge in [0.25, 0.3) is 5.56 Å². The van der Waals surface area contributed by atoms with Gasteiger partial charge in [0.05, 0.1) is 18.2 Å². The summed E-state index contributed by atoms with van der Waals surface area (Å²) in [6.07, 6.45) is 4.61. The summed E-state index contributed by atoms with van der Waals surface area (Å²) in [5, 5.41) is 4.40. The Balaban J connectivity index is 1.37. The molecule has 1 atom stereocenters. The molecule has 0 aliphatic carbocycles. The minimum Gasteiger partial charge on any atom is -0.493 e. The smallest absolute Gasteiger partial charge is 0.291 e. The van der Waals surface area contributed by atoms with Gasteiger partial charge in [-0.3, -0.25) is 4.79 Å². The second-order valence-electron chi connectivity index (χ2n) is 7.91. The average molecular weight is 480 g/mol. The molecule has 2 aromatic heterocycles. The molecule has 2 aromatic carbocycles. The zero-order valence-corrected chi connectivity index (χ0v) is 19.8. The lowest BCUT2D eigenvalue weighted by Gasteiger charge is -2.24. The maximum absolute atomic E-state index is 13.0. The lowest BCUT2D eigenvalue weighted by molar-refractivity contribution is 0.0852. The molecule has 1 unspecified atom stereocenters. The van der Waals surface area contributed by atoms with Crippen LogP contribution in [-0.2, 0) is 0 Å². The Bertz CT molecular complexity index is 1410. The topological polar surface area (TPSA) is 84.2 Å². The summed E-state index contributed by atoms with van der Waals surface area (Å²) >= 11 is 1.28. The molecule has 176 valence electrons. The van der Waals surface area contributed by atoms with Gasteiger partial charge in [-0.2, -0.15) is 9.50 Å². The van der Waals surface area contributed by atoms with Crippen molar-refractivity contribution in [3.8, 4) is 23.0 Å². The first kappa shape index (κ1) is 22.2. The predicted octanol–water partition coefficient (Wildman–Crippen LogP) is 3.79. The number of unbranched alkanes of at least 4 members (excludes halogenated alkanes) is 2. The Morgan fingerprint density at radius 2 is 2.03 bits per heavy atom. The molecule has 3 heterocycles. The maximum atomic E-state index is 13.0. The Kier molecular flexibility index (Phi) is 6.35. The molecule has 0 bridgehead atoms. The van der Waals surface area contributed by atoms with Gasteiger partial charge in [-0.15, -0.1) is 5.10 Å². The fourth-order valence-corrected chi connectivity index (χ4v) is 4.63. The first-order chi connectivity index (χ1) is 16.7. The number of hydrogen-bond acceptors (Lipinski definition) is 8. The quantitative estimate of drug-likeness (QED) is 0.356. The molecule has 0 saturated carbocycles. The maximum Gasteiger partial charge on any atom is 0.291 e. The van der Waals surface area contributed by atoms with Gasteiger partial charge in [0.1, 0.15) is 6.61 Å². The summed E-state index contributed by atoms with van der Waals surface area (Å²) in [4.78, 5) is 18.0. The van der Waals surface area contributed by atoms with Crippen LogP contribution < -0.4 is 29.0 Å². The van der Waals surface area contributed by atoms with Crippen LogP contribution in [0.25, 0.3) is 11.0 Å². The van der Waals surface area contributed by atoms with E-state index in [9.17, 15) is 4.79 Å². The molecule has 0 saturated heterocycles. The molecule has 4 aromatic rings. The van der Waals surface area contributed by atoms with E-state index in [0.717, 1.165) is 24.8 Å². The van der Waals surface area contributed by atoms with E-state index in [1.165, 1.54) is 15.9 Å². The minimum atomic E-state index is -0.469. The molecule has 1 aliphatic heterocycles. The van der Waals surface area contributed by atoms with Crippen molar-refractivity contribution in [1.29, 1.82) is 0 Å². The fraction of sp³-hybridized carbons (Fsp3) is 0.320. The van der Waals surface area contributed by atoms with Crippen molar-refractivity contribution >= 4 is 22.4 Å². The van der Waals surface area contributed by atoms with E-state index in [4.69, 9.17) is 18.9 Å². The molecule has 34 heavy (non-hydrogen) atoms. The number of nitrogens with zero attached hydrogens (tertiary/aromatic N) is 3. The van der Waals surface area contributed by atoms with Gasteiger partial charge in [-0.1, -0.05) is 49.3 Å². The number of rotatable bonds is 8. The second-order valence-corrected chi connectivity index (χ2v) is 8.92. The molecular formula is C25H25N3O5S. The van der Waals surface area contributed by atoms with Crippen molar-refractivity contribution < 1.29 is 18.9 Å². The SMILES string of the molecule is CCCCCOc1ccc(/C=c2\sc3nc(C4COc5ccccc5O4)nn3c2=O)cc1OC. The molecule has 0 fully saturated rings. The van der Waals surface area contributed by atoms with Gasteiger partial charge in [0.15, 0.2) is 34.9 Å². The highest BCUT2D eigenvalue weighted by molar-refractivity contribution is 7.15. The van der Waals surface area contributed by atoms with Crippen molar-refractivity contribution in [2.45, 2.75) is 32.3 Å². The first-order valence-electron chi connectivity index (χ1n) is 11.3. The molecule has 9 heteroatoms. The summed E-state index contributed by atoms with van der Waals surface area (Å²) in [7, 11) is 1.61. The van der Waals surface area contributed by atoms with E-state index in [-0.39, 0.29) is 12.2 Å². The molecule has 5 rings (SSSR count). The predicted molar refractivity (Wildman–Crippen MR) is 129 cm³/mol. The van der Waals surface area contributed by atoms with Crippen LogP contribution in [0, 0.1) is 0 Å². The van der Waals surface area contributed by atoms with Crippen LogP contribution in [0.4, 0.5) is 0 Å². The normalized spacial score (nSPS) is 15.6. The van der Waals surface area contributed by atoms with Crippen LogP contribution >= 0.6 is 11.3 Å². The zero-order chi connectivity index (χ0) is 23.5. The van der Waals surface area contributed by atoms with Crippen LogP contribution in [0.1, 0.15) is 43.7 Å². The third kappa shape index (κ3) is 4.43. The zero-order valence-electron chi connectivity index (χ0n) is 19.0. The molecule has 0 N–H and O–H groups in total. The van der Waals surface area contributed by atoms with Gasteiger partial charge in [-0.25, -0.2) is 0 Å². The number of benzene rings is 2. The molecular weight excluding hydrogens is 454 g/mol. The largest absolute Gasteiger partial charge is 0.493 e. The Morgan fingerprint density at radius 3 is 2.82 bits per heavy atom. The summed E-state index contributed by atoms with van der Waals surface area (Å²) in [6.45, 7) is 3.09. The summed E-state index contributed by atoms with van der Waals surface area (Å²) in [5.74, 6) is 3.08. The number of methoxy groups -OCH3 is 1. The highest BCUT2D eigenvalue weighted by Crippen LogP contribution is 2.35. The van der Waals surface area contributed by atoms with Crippen LogP contribution in [0.5, 0.6) is 23.0 Å². The Hall–Kier alpha value is -3.59. The summed E-state index contributed by atoms with van der Waals surface area (Å²) in [5.41, 5.74) is 0.606. The third-order valence-electron chi connectivity index (χ3n) is 5.49. The number of fused-ring (bicyclic) bond motifs is 2. The Morgan fingerprint density at radius 1 is 1.18 bits per heavy atom.